The molecule has 2 aromatic carbocycles. The number of aromatic nitrogens is 2. The Morgan fingerprint density at radius 3 is 2.66 bits per heavy atom. The summed E-state index contributed by atoms with van der Waals surface area (Å²) in [7, 11) is 0. The van der Waals surface area contributed by atoms with E-state index in [0.717, 1.165) is 37.2 Å². The van der Waals surface area contributed by atoms with Crippen LogP contribution in [0.3, 0.4) is 0 Å². The van der Waals surface area contributed by atoms with E-state index in [0.29, 0.717) is 35.9 Å². The number of nitrogens with zero attached hydrogens (tertiary/aromatic N) is 4. The van der Waals surface area contributed by atoms with E-state index in [-0.39, 0.29) is 0 Å². The minimum absolute atomic E-state index is 0.326. The van der Waals surface area contributed by atoms with Gasteiger partial charge in [-0.1, -0.05) is 17.3 Å². The van der Waals surface area contributed by atoms with Crippen LogP contribution in [0.2, 0.25) is 0 Å². The van der Waals surface area contributed by atoms with Crippen LogP contribution in [0.5, 0.6) is 0 Å². The van der Waals surface area contributed by atoms with Gasteiger partial charge in [0.25, 0.3) is 5.89 Å². The van der Waals surface area contributed by atoms with Crippen molar-refractivity contribution in [3.63, 3.8) is 0 Å². The number of rotatable bonds is 3. The summed E-state index contributed by atoms with van der Waals surface area (Å²) in [6.45, 7) is 2.62. The second-order valence-corrected chi connectivity index (χ2v) is 7.50. The van der Waals surface area contributed by atoms with Crippen molar-refractivity contribution in [2.45, 2.75) is 19.0 Å². The van der Waals surface area contributed by atoms with Gasteiger partial charge in [0.05, 0.1) is 24.3 Å². The van der Waals surface area contributed by atoms with Crippen LogP contribution in [0.15, 0.2) is 40.9 Å². The number of fused-ring (bicyclic) bond motifs is 1. The first-order valence-corrected chi connectivity index (χ1v) is 9.81. The van der Waals surface area contributed by atoms with Gasteiger partial charge < -0.3 is 14.7 Å². The number of alkyl halides is 1. The molecule has 3 heterocycles. The molecule has 2 aliphatic heterocycles. The van der Waals surface area contributed by atoms with E-state index in [1.165, 1.54) is 11.1 Å². The molecule has 1 fully saturated rings. The van der Waals surface area contributed by atoms with Gasteiger partial charge in [-0.05, 0) is 61.3 Å². The molecule has 0 spiro atoms. The van der Waals surface area contributed by atoms with E-state index in [2.05, 4.69) is 33.7 Å². The summed E-state index contributed by atoms with van der Waals surface area (Å²) in [4.78, 5) is 6.40. The van der Waals surface area contributed by atoms with Crippen molar-refractivity contribution in [2.24, 2.45) is 0 Å². The lowest BCUT2D eigenvalue weighted by Gasteiger charge is -2.36. The van der Waals surface area contributed by atoms with Gasteiger partial charge in [-0.15, -0.1) is 0 Å². The summed E-state index contributed by atoms with van der Waals surface area (Å²) in [5, 5.41) is 17.1. The zero-order valence-corrected chi connectivity index (χ0v) is 15.9. The zero-order valence-electron chi connectivity index (χ0n) is 15.9. The second kappa shape index (κ2) is 7.30. The van der Waals surface area contributed by atoms with Gasteiger partial charge in [0, 0.05) is 11.1 Å². The Labute approximate surface area is 168 Å². The van der Waals surface area contributed by atoms with E-state index >= 15 is 0 Å². The van der Waals surface area contributed by atoms with E-state index in [1.807, 2.05) is 23.1 Å². The number of benzene rings is 2. The Morgan fingerprint density at radius 2 is 1.86 bits per heavy atom. The number of hydrogen-bond donors (Lipinski definition) is 1. The van der Waals surface area contributed by atoms with E-state index in [9.17, 15) is 9.65 Å². The van der Waals surface area contributed by atoms with Crippen molar-refractivity contribution < 1.29 is 8.91 Å². The summed E-state index contributed by atoms with van der Waals surface area (Å²) < 4.78 is 18.6. The minimum Gasteiger partial charge on any atom is -0.364 e. The predicted molar refractivity (Wildman–Crippen MR) is 107 cm³/mol. The standard InChI is InChI=1S/C22H20FN5O/c23-19-12-28(13-19)20-4-3-17(10-18(20)11-24)22-26-21(27-29-22)16-2-1-14-5-7-25-8-6-15(14)9-16/h1-4,9-10,19,25H,5-8,12-13H2. The van der Waals surface area contributed by atoms with Crippen LogP contribution < -0.4 is 10.2 Å². The van der Waals surface area contributed by atoms with Gasteiger partial charge >= 0.3 is 0 Å². The maximum Gasteiger partial charge on any atom is 0.258 e. The molecular weight excluding hydrogens is 369 g/mol. The van der Waals surface area contributed by atoms with Crippen molar-refractivity contribution in [1.82, 2.24) is 15.5 Å². The van der Waals surface area contributed by atoms with Crippen molar-refractivity contribution in [2.75, 3.05) is 31.1 Å². The molecule has 0 bridgehead atoms. The average molecular weight is 389 g/mol. The average Bonchev–Trinajstić information content (AvgIpc) is 3.10. The van der Waals surface area contributed by atoms with Gasteiger partial charge in [0.15, 0.2) is 0 Å². The highest BCUT2D eigenvalue weighted by molar-refractivity contribution is 5.69. The minimum atomic E-state index is -0.823. The smallest absolute Gasteiger partial charge is 0.258 e. The molecule has 1 aromatic heterocycles. The Bertz CT molecular complexity index is 1100. The molecular formula is C22H20FN5O. The molecule has 0 atom stereocenters. The highest BCUT2D eigenvalue weighted by Gasteiger charge is 2.28. The lowest BCUT2D eigenvalue weighted by atomic mass is 10.00. The van der Waals surface area contributed by atoms with Crippen molar-refractivity contribution in [1.29, 1.82) is 5.26 Å². The molecule has 0 amide bonds. The quantitative estimate of drug-likeness (QED) is 0.742. The zero-order chi connectivity index (χ0) is 19.8. The number of anilines is 1. The highest BCUT2D eigenvalue weighted by atomic mass is 19.1. The third-order valence-electron chi connectivity index (χ3n) is 5.57. The number of nitriles is 1. The topological polar surface area (TPSA) is 78.0 Å². The van der Waals surface area contributed by atoms with Crippen molar-refractivity contribution >= 4 is 5.69 Å². The fourth-order valence-corrected chi connectivity index (χ4v) is 3.93. The molecule has 7 heteroatoms. The first kappa shape index (κ1) is 17.8. The van der Waals surface area contributed by atoms with Crippen LogP contribution in [-0.4, -0.2) is 42.5 Å². The number of hydrogen-bond acceptors (Lipinski definition) is 6. The summed E-state index contributed by atoms with van der Waals surface area (Å²) in [5.41, 5.74) is 5.50. The number of halogens is 1. The highest BCUT2D eigenvalue weighted by Crippen LogP contribution is 2.31. The van der Waals surface area contributed by atoms with Gasteiger partial charge in [-0.25, -0.2) is 4.39 Å². The normalized spacial score (nSPS) is 16.6. The first-order valence-electron chi connectivity index (χ1n) is 9.81. The van der Waals surface area contributed by atoms with E-state index < -0.39 is 6.17 Å². The molecule has 0 unspecified atom stereocenters. The lowest BCUT2D eigenvalue weighted by molar-refractivity contribution is 0.275. The molecule has 5 rings (SSSR count). The maximum absolute atomic E-state index is 13.2. The van der Waals surface area contributed by atoms with E-state index in [4.69, 9.17) is 4.52 Å². The van der Waals surface area contributed by atoms with Gasteiger partial charge in [0.2, 0.25) is 5.82 Å². The number of nitrogens with one attached hydrogen (secondary N) is 1. The van der Waals surface area contributed by atoms with Gasteiger partial charge in [-0.2, -0.15) is 10.2 Å². The third kappa shape index (κ3) is 3.36. The predicted octanol–water partition coefficient (Wildman–Crippen LogP) is 3.12. The van der Waals surface area contributed by atoms with Crippen LogP contribution in [-0.2, 0) is 12.8 Å². The summed E-state index contributed by atoms with van der Waals surface area (Å²) in [6.07, 6.45) is 1.18. The maximum atomic E-state index is 13.2. The third-order valence-corrected chi connectivity index (χ3v) is 5.57. The van der Waals surface area contributed by atoms with Crippen molar-refractivity contribution in [3.8, 4) is 28.9 Å². The first-order chi connectivity index (χ1) is 14.2. The second-order valence-electron chi connectivity index (χ2n) is 7.50. The largest absolute Gasteiger partial charge is 0.364 e. The Hall–Kier alpha value is -3.24. The summed E-state index contributed by atoms with van der Waals surface area (Å²) in [5.74, 6) is 0.900. The molecule has 1 saturated heterocycles. The van der Waals surface area contributed by atoms with Crippen LogP contribution >= 0.6 is 0 Å². The van der Waals surface area contributed by atoms with Gasteiger partial charge in [0.1, 0.15) is 12.2 Å². The van der Waals surface area contributed by atoms with Crippen LogP contribution in [0, 0.1) is 11.3 Å². The molecule has 1 N–H and O–H groups in total. The Kier molecular flexibility index (Phi) is 4.49. The molecule has 6 nitrogen and oxygen atoms in total. The fourth-order valence-electron chi connectivity index (χ4n) is 3.93. The molecule has 2 aliphatic rings. The van der Waals surface area contributed by atoms with Crippen LogP contribution in [0.25, 0.3) is 22.8 Å². The SMILES string of the molecule is N#Cc1cc(-c2nc(-c3ccc4c(c3)CCNCC4)no2)ccc1N1CC(F)C1. The summed E-state index contributed by atoms with van der Waals surface area (Å²) >= 11 is 0. The molecule has 0 radical (unpaired) electrons. The van der Waals surface area contributed by atoms with Crippen molar-refractivity contribution in [3.05, 3.63) is 53.1 Å². The Morgan fingerprint density at radius 1 is 1.07 bits per heavy atom. The molecule has 3 aromatic rings. The van der Waals surface area contributed by atoms with Crippen LogP contribution in [0.4, 0.5) is 10.1 Å². The molecule has 29 heavy (non-hydrogen) atoms. The van der Waals surface area contributed by atoms with E-state index in [1.54, 1.807) is 6.07 Å². The fraction of sp³-hybridized carbons (Fsp3) is 0.318. The Balaban J connectivity index is 1.43. The van der Waals surface area contributed by atoms with Crippen LogP contribution in [0.1, 0.15) is 16.7 Å². The van der Waals surface area contributed by atoms with Gasteiger partial charge in [-0.3, -0.25) is 0 Å². The molecule has 0 saturated carbocycles. The molecule has 0 aliphatic carbocycles. The lowest BCUT2D eigenvalue weighted by Crippen LogP contribution is -2.48. The summed E-state index contributed by atoms with van der Waals surface area (Å²) in [6, 6.07) is 13.9. The monoisotopic (exact) mass is 389 g/mol. The molecule has 146 valence electrons.